The van der Waals surface area contributed by atoms with Crippen LogP contribution >= 0.6 is 0 Å². The van der Waals surface area contributed by atoms with Gasteiger partial charge in [0.2, 0.25) is 0 Å². The van der Waals surface area contributed by atoms with Gasteiger partial charge in [-0.05, 0) is 36.9 Å². The summed E-state index contributed by atoms with van der Waals surface area (Å²) in [6.45, 7) is 5.24. The number of fused-ring (bicyclic) bond motifs is 3. The van der Waals surface area contributed by atoms with Crippen LogP contribution in [0.15, 0.2) is 64.1 Å². The van der Waals surface area contributed by atoms with Crippen molar-refractivity contribution >= 4 is 11.0 Å². The second-order valence-electron chi connectivity index (χ2n) is 7.63. The number of benzene rings is 1. The van der Waals surface area contributed by atoms with Gasteiger partial charge in [-0.25, -0.2) is 4.39 Å². The normalized spacial score (nSPS) is 14.0. The lowest BCUT2D eigenvalue weighted by molar-refractivity contribution is 0.256. The van der Waals surface area contributed by atoms with E-state index in [9.17, 15) is 9.18 Å². The SMILES string of the molecule is CCN1CCc2oc3cc(-n4ccc(OCc5ccc(F)cn5)cc4=O)ccc3c2C1. The highest BCUT2D eigenvalue weighted by molar-refractivity contribution is 5.84. The van der Waals surface area contributed by atoms with E-state index in [2.05, 4.69) is 16.8 Å². The Kier molecular flexibility index (Phi) is 5.03. The van der Waals surface area contributed by atoms with Crippen molar-refractivity contribution in [3.63, 3.8) is 0 Å². The summed E-state index contributed by atoms with van der Waals surface area (Å²) in [7, 11) is 0. The fourth-order valence-corrected chi connectivity index (χ4v) is 3.96. The Labute approximate surface area is 178 Å². The number of furan rings is 1. The van der Waals surface area contributed by atoms with Gasteiger partial charge in [0.1, 0.15) is 29.5 Å². The van der Waals surface area contributed by atoms with Crippen LogP contribution in [-0.4, -0.2) is 27.5 Å². The molecule has 5 rings (SSSR count). The lowest BCUT2D eigenvalue weighted by atomic mass is 10.0. The van der Waals surface area contributed by atoms with Crippen LogP contribution in [0.3, 0.4) is 0 Å². The molecule has 3 aromatic heterocycles. The van der Waals surface area contributed by atoms with E-state index in [1.165, 1.54) is 17.7 Å². The van der Waals surface area contributed by atoms with Crippen LogP contribution in [0.5, 0.6) is 5.75 Å². The van der Waals surface area contributed by atoms with Gasteiger partial charge in [0.05, 0.1) is 17.6 Å². The fraction of sp³-hybridized carbons (Fsp3) is 0.250. The third-order valence-corrected chi connectivity index (χ3v) is 5.69. The first-order valence-electron chi connectivity index (χ1n) is 10.3. The second-order valence-corrected chi connectivity index (χ2v) is 7.63. The highest BCUT2D eigenvalue weighted by Gasteiger charge is 2.22. The van der Waals surface area contributed by atoms with Crippen LogP contribution < -0.4 is 10.3 Å². The zero-order chi connectivity index (χ0) is 21.4. The van der Waals surface area contributed by atoms with Gasteiger partial charge in [-0.2, -0.15) is 0 Å². The first kappa shape index (κ1) is 19.5. The molecule has 1 aliphatic rings. The van der Waals surface area contributed by atoms with E-state index in [1.54, 1.807) is 22.9 Å². The van der Waals surface area contributed by atoms with Gasteiger partial charge in [-0.3, -0.25) is 19.2 Å². The lowest BCUT2D eigenvalue weighted by Gasteiger charge is -2.24. The number of hydrogen-bond donors (Lipinski definition) is 0. The van der Waals surface area contributed by atoms with Gasteiger partial charge in [-0.15, -0.1) is 0 Å². The van der Waals surface area contributed by atoms with Crippen molar-refractivity contribution in [2.24, 2.45) is 0 Å². The van der Waals surface area contributed by atoms with Crippen molar-refractivity contribution in [2.75, 3.05) is 13.1 Å². The number of nitrogens with zero attached hydrogens (tertiary/aromatic N) is 3. The Bertz CT molecular complexity index is 1290. The van der Waals surface area contributed by atoms with E-state index in [0.29, 0.717) is 11.4 Å². The third-order valence-electron chi connectivity index (χ3n) is 5.69. The number of likely N-dealkylation sites (N-methyl/N-ethyl adjacent to an activating group) is 1. The Hall–Kier alpha value is -3.45. The molecule has 6 nitrogen and oxygen atoms in total. The zero-order valence-electron chi connectivity index (χ0n) is 17.2. The highest BCUT2D eigenvalue weighted by Crippen LogP contribution is 2.31. The zero-order valence-corrected chi connectivity index (χ0v) is 17.2. The quantitative estimate of drug-likeness (QED) is 0.488. The van der Waals surface area contributed by atoms with E-state index < -0.39 is 5.82 Å². The molecule has 0 unspecified atom stereocenters. The number of pyridine rings is 2. The van der Waals surface area contributed by atoms with E-state index in [-0.39, 0.29) is 12.2 Å². The number of hydrogen-bond acceptors (Lipinski definition) is 5. The summed E-state index contributed by atoms with van der Waals surface area (Å²) in [6.07, 6.45) is 3.72. The molecule has 0 atom stereocenters. The summed E-state index contributed by atoms with van der Waals surface area (Å²) < 4.78 is 26.2. The molecular formula is C24H22FN3O3. The number of ether oxygens (including phenoxy) is 1. The van der Waals surface area contributed by atoms with Crippen LogP contribution in [-0.2, 0) is 19.6 Å². The van der Waals surface area contributed by atoms with Crippen molar-refractivity contribution < 1.29 is 13.5 Å². The molecule has 0 saturated heterocycles. The maximum absolute atomic E-state index is 13.0. The highest BCUT2D eigenvalue weighted by atomic mass is 19.1. The maximum Gasteiger partial charge on any atom is 0.258 e. The van der Waals surface area contributed by atoms with Crippen molar-refractivity contribution in [2.45, 2.75) is 26.5 Å². The number of halogens is 1. The maximum atomic E-state index is 13.0. The largest absolute Gasteiger partial charge is 0.487 e. The average Bonchev–Trinajstić information content (AvgIpc) is 3.15. The number of aromatic nitrogens is 2. The monoisotopic (exact) mass is 419 g/mol. The fourth-order valence-electron chi connectivity index (χ4n) is 3.96. The van der Waals surface area contributed by atoms with Crippen molar-refractivity contribution in [3.05, 3.63) is 88.0 Å². The molecule has 7 heteroatoms. The molecule has 4 aromatic rings. The van der Waals surface area contributed by atoms with Crippen molar-refractivity contribution in [1.29, 1.82) is 0 Å². The molecular weight excluding hydrogens is 397 g/mol. The van der Waals surface area contributed by atoms with Gasteiger partial charge in [0.15, 0.2) is 0 Å². The molecule has 0 radical (unpaired) electrons. The Morgan fingerprint density at radius 2 is 2.10 bits per heavy atom. The Balaban J connectivity index is 1.38. The summed E-state index contributed by atoms with van der Waals surface area (Å²) in [5, 5.41) is 1.11. The Morgan fingerprint density at radius 3 is 2.87 bits per heavy atom. The first-order valence-corrected chi connectivity index (χ1v) is 10.3. The molecule has 0 spiro atoms. The minimum absolute atomic E-state index is 0.155. The molecule has 31 heavy (non-hydrogen) atoms. The van der Waals surface area contributed by atoms with E-state index in [4.69, 9.17) is 9.15 Å². The van der Waals surface area contributed by atoms with E-state index in [1.807, 2.05) is 18.2 Å². The van der Waals surface area contributed by atoms with E-state index >= 15 is 0 Å². The molecule has 0 saturated carbocycles. The molecule has 0 N–H and O–H groups in total. The molecule has 0 amide bonds. The van der Waals surface area contributed by atoms with Gasteiger partial charge in [0, 0.05) is 48.8 Å². The van der Waals surface area contributed by atoms with Gasteiger partial charge in [-0.1, -0.05) is 6.92 Å². The minimum Gasteiger partial charge on any atom is -0.487 e. The summed E-state index contributed by atoms with van der Waals surface area (Å²) in [6, 6.07) is 11.9. The van der Waals surface area contributed by atoms with Gasteiger partial charge < -0.3 is 9.15 Å². The van der Waals surface area contributed by atoms with Gasteiger partial charge >= 0.3 is 0 Å². The predicted octanol–water partition coefficient (Wildman–Crippen LogP) is 4.07. The Morgan fingerprint density at radius 1 is 1.19 bits per heavy atom. The van der Waals surface area contributed by atoms with Crippen LogP contribution in [0.2, 0.25) is 0 Å². The van der Waals surface area contributed by atoms with Crippen LogP contribution in [0.25, 0.3) is 16.7 Å². The van der Waals surface area contributed by atoms with Crippen molar-refractivity contribution in [3.8, 4) is 11.4 Å². The average molecular weight is 419 g/mol. The smallest absolute Gasteiger partial charge is 0.258 e. The molecule has 0 aliphatic carbocycles. The summed E-state index contributed by atoms with van der Waals surface area (Å²) in [5.74, 6) is 1.08. The van der Waals surface area contributed by atoms with E-state index in [0.717, 1.165) is 54.7 Å². The summed E-state index contributed by atoms with van der Waals surface area (Å²) >= 11 is 0. The molecule has 4 heterocycles. The topological polar surface area (TPSA) is 60.5 Å². The second kappa shape index (κ2) is 8.00. The van der Waals surface area contributed by atoms with Crippen molar-refractivity contribution in [1.82, 2.24) is 14.5 Å². The number of rotatable bonds is 5. The molecule has 1 aromatic carbocycles. The molecule has 0 bridgehead atoms. The lowest BCUT2D eigenvalue weighted by Crippen LogP contribution is -2.29. The third kappa shape index (κ3) is 3.84. The van der Waals surface area contributed by atoms with Crippen LogP contribution in [0, 0.1) is 5.82 Å². The van der Waals surface area contributed by atoms with Gasteiger partial charge in [0.25, 0.3) is 5.56 Å². The predicted molar refractivity (Wildman–Crippen MR) is 115 cm³/mol. The molecule has 1 aliphatic heterocycles. The standard InChI is InChI=1S/C24H22FN3O3/c1-2-27-9-8-22-21(14-27)20-6-5-18(11-23(20)31-22)28-10-7-19(12-24(28)29)30-15-17-4-3-16(25)13-26-17/h3-7,10-13H,2,8-9,14-15H2,1H3. The van der Waals surface area contributed by atoms with Crippen LogP contribution in [0.1, 0.15) is 23.9 Å². The summed E-state index contributed by atoms with van der Waals surface area (Å²) in [5.41, 5.74) is 3.16. The molecule has 0 fully saturated rings. The minimum atomic E-state index is -0.400. The molecule has 158 valence electrons. The summed E-state index contributed by atoms with van der Waals surface area (Å²) in [4.78, 5) is 19.0. The first-order chi connectivity index (χ1) is 15.1. The van der Waals surface area contributed by atoms with Crippen LogP contribution in [0.4, 0.5) is 4.39 Å².